The molecule has 2 rings (SSSR count). The van der Waals surface area contributed by atoms with Gasteiger partial charge in [0.2, 0.25) is 5.09 Å². The lowest BCUT2D eigenvalue weighted by Crippen LogP contribution is -2.48. The molecule has 1 aromatic rings. The number of carbonyl (C=O) groups is 2. The molecule has 22 heavy (non-hydrogen) atoms. The molecule has 1 aliphatic rings. The molecule has 8 nitrogen and oxygen atoms in total. The number of likely N-dealkylation sites (tertiary alicyclic amines) is 1. The first-order valence-electron chi connectivity index (χ1n) is 6.85. The zero-order valence-corrected chi connectivity index (χ0v) is 13.1. The lowest BCUT2D eigenvalue weighted by molar-refractivity contribution is -0.143. The van der Waals surface area contributed by atoms with Crippen molar-refractivity contribution < 1.29 is 27.5 Å². The number of hydrogen-bond acceptors (Lipinski definition) is 5. The molecule has 0 bridgehead atoms. The van der Waals surface area contributed by atoms with E-state index in [1.807, 2.05) is 0 Å². The second kappa shape index (κ2) is 6.09. The number of aliphatic carboxylic acids is 1. The maximum absolute atomic E-state index is 12.6. The van der Waals surface area contributed by atoms with E-state index in [1.54, 1.807) is 0 Å². The largest absolute Gasteiger partial charge is 0.480 e. The summed E-state index contributed by atoms with van der Waals surface area (Å²) in [7, 11) is -2.56. The molecule has 9 heteroatoms. The number of furan rings is 1. The second-order valence-corrected chi connectivity index (χ2v) is 6.91. The summed E-state index contributed by atoms with van der Waals surface area (Å²) in [4.78, 5) is 25.1. The molecule has 0 radical (unpaired) electrons. The average molecular weight is 330 g/mol. The van der Waals surface area contributed by atoms with Gasteiger partial charge in [-0.1, -0.05) is 0 Å². The third-order valence-corrected chi connectivity index (χ3v) is 4.98. The van der Waals surface area contributed by atoms with Crippen molar-refractivity contribution in [3.05, 3.63) is 17.4 Å². The van der Waals surface area contributed by atoms with Crippen molar-refractivity contribution in [2.75, 3.05) is 13.6 Å². The van der Waals surface area contributed by atoms with Gasteiger partial charge in [-0.3, -0.25) is 4.79 Å². The highest BCUT2D eigenvalue weighted by Crippen LogP contribution is 2.24. The van der Waals surface area contributed by atoms with E-state index in [-0.39, 0.29) is 16.4 Å². The number of nitrogens with zero attached hydrogens (tertiary/aromatic N) is 1. The Bertz CT molecular complexity index is 693. The number of carboxylic acid groups (broad SMARTS) is 1. The third kappa shape index (κ3) is 3.00. The molecule has 1 aliphatic heterocycles. The van der Waals surface area contributed by atoms with Gasteiger partial charge in [0, 0.05) is 12.6 Å². The van der Waals surface area contributed by atoms with Crippen molar-refractivity contribution in [2.24, 2.45) is 0 Å². The minimum absolute atomic E-state index is 0.0713. The maximum Gasteiger partial charge on any atom is 0.326 e. The molecule has 1 fully saturated rings. The molecule has 1 aromatic heterocycles. The number of sulfonamides is 1. The first-order valence-corrected chi connectivity index (χ1v) is 8.34. The Morgan fingerprint density at radius 3 is 2.68 bits per heavy atom. The van der Waals surface area contributed by atoms with Gasteiger partial charge < -0.3 is 14.4 Å². The van der Waals surface area contributed by atoms with Crippen molar-refractivity contribution in [2.45, 2.75) is 37.3 Å². The molecule has 0 saturated carbocycles. The van der Waals surface area contributed by atoms with Crippen LogP contribution in [0.25, 0.3) is 0 Å². The monoisotopic (exact) mass is 330 g/mol. The number of amides is 1. The van der Waals surface area contributed by atoms with E-state index in [4.69, 9.17) is 4.42 Å². The SMILES string of the molecule is CNS(=O)(=O)c1cc(C(=O)N2CCCCC2C(=O)O)c(C)o1. The van der Waals surface area contributed by atoms with Crippen molar-refractivity contribution >= 4 is 21.9 Å². The van der Waals surface area contributed by atoms with Crippen LogP contribution in [-0.4, -0.2) is 49.9 Å². The highest BCUT2D eigenvalue weighted by molar-refractivity contribution is 7.89. The van der Waals surface area contributed by atoms with Crippen LogP contribution in [0.2, 0.25) is 0 Å². The predicted molar refractivity (Wildman–Crippen MR) is 76.0 cm³/mol. The van der Waals surface area contributed by atoms with E-state index >= 15 is 0 Å². The van der Waals surface area contributed by atoms with Gasteiger partial charge in [0.1, 0.15) is 11.8 Å². The Morgan fingerprint density at radius 1 is 1.41 bits per heavy atom. The fourth-order valence-corrected chi connectivity index (χ4v) is 3.20. The number of piperidine rings is 1. The lowest BCUT2D eigenvalue weighted by atomic mass is 10.0. The summed E-state index contributed by atoms with van der Waals surface area (Å²) >= 11 is 0. The Labute approximate surface area is 128 Å². The van der Waals surface area contributed by atoms with E-state index in [0.29, 0.717) is 19.4 Å². The molecule has 1 amide bonds. The van der Waals surface area contributed by atoms with Crippen LogP contribution in [0.5, 0.6) is 0 Å². The molecule has 1 unspecified atom stereocenters. The number of aryl methyl sites for hydroxylation is 1. The summed E-state index contributed by atoms with van der Waals surface area (Å²) in [5, 5.41) is 8.86. The zero-order valence-electron chi connectivity index (χ0n) is 12.3. The molecule has 2 heterocycles. The van der Waals surface area contributed by atoms with Crippen LogP contribution >= 0.6 is 0 Å². The van der Waals surface area contributed by atoms with Crippen LogP contribution in [0.4, 0.5) is 0 Å². The quantitative estimate of drug-likeness (QED) is 0.834. The highest BCUT2D eigenvalue weighted by Gasteiger charge is 2.34. The van der Waals surface area contributed by atoms with Gasteiger partial charge >= 0.3 is 5.97 Å². The first kappa shape index (κ1) is 16.5. The smallest absolute Gasteiger partial charge is 0.326 e. The van der Waals surface area contributed by atoms with Gasteiger partial charge in [-0.25, -0.2) is 17.9 Å². The van der Waals surface area contributed by atoms with Gasteiger partial charge in [0.15, 0.2) is 0 Å². The summed E-state index contributed by atoms with van der Waals surface area (Å²) < 4.78 is 30.7. The van der Waals surface area contributed by atoms with Crippen LogP contribution in [0.15, 0.2) is 15.6 Å². The Morgan fingerprint density at radius 2 is 2.09 bits per heavy atom. The molecule has 2 N–H and O–H groups in total. The number of carbonyl (C=O) groups excluding carboxylic acids is 1. The second-order valence-electron chi connectivity index (χ2n) is 5.09. The molecular weight excluding hydrogens is 312 g/mol. The average Bonchev–Trinajstić information content (AvgIpc) is 2.89. The fourth-order valence-electron chi connectivity index (χ4n) is 2.49. The van der Waals surface area contributed by atoms with E-state index in [1.165, 1.54) is 18.9 Å². The molecule has 0 aliphatic carbocycles. The van der Waals surface area contributed by atoms with Crippen molar-refractivity contribution in [1.82, 2.24) is 9.62 Å². The van der Waals surface area contributed by atoms with Crippen molar-refractivity contribution in [3.63, 3.8) is 0 Å². The van der Waals surface area contributed by atoms with Gasteiger partial charge in [0.25, 0.3) is 15.9 Å². The number of hydrogen-bond donors (Lipinski definition) is 2. The van der Waals surface area contributed by atoms with Crippen LogP contribution in [0, 0.1) is 6.92 Å². The minimum Gasteiger partial charge on any atom is -0.480 e. The van der Waals surface area contributed by atoms with Crippen molar-refractivity contribution in [3.8, 4) is 0 Å². The summed E-state index contributed by atoms with van der Waals surface area (Å²) in [5.74, 6) is -1.43. The third-order valence-electron chi connectivity index (χ3n) is 3.71. The van der Waals surface area contributed by atoms with E-state index in [9.17, 15) is 23.1 Å². The fraction of sp³-hybridized carbons (Fsp3) is 0.538. The minimum atomic E-state index is -3.80. The number of nitrogens with one attached hydrogen (secondary N) is 1. The summed E-state index contributed by atoms with van der Waals surface area (Å²) in [5.41, 5.74) is 0.0713. The summed E-state index contributed by atoms with van der Waals surface area (Å²) in [6.45, 7) is 1.80. The normalized spacial score (nSPS) is 19.2. The van der Waals surface area contributed by atoms with Gasteiger partial charge in [-0.2, -0.15) is 0 Å². The van der Waals surface area contributed by atoms with Gasteiger partial charge in [-0.15, -0.1) is 0 Å². The molecule has 1 atom stereocenters. The Hall–Kier alpha value is -1.87. The van der Waals surface area contributed by atoms with Gasteiger partial charge in [0.05, 0.1) is 5.56 Å². The van der Waals surface area contributed by atoms with E-state index in [2.05, 4.69) is 4.72 Å². The van der Waals surface area contributed by atoms with E-state index < -0.39 is 27.9 Å². The van der Waals surface area contributed by atoms with E-state index in [0.717, 1.165) is 12.5 Å². The van der Waals surface area contributed by atoms with Crippen LogP contribution in [0.1, 0.15) is 35.4 Å². The van der Waals surface area contributed by atoms with Crippen molar-refractivity contribution in [1.29, 1.82) is 0 Å². The van der Waals surface area contributed by atoms with Crippen LogP contribution < -0.4 is 4.72 Å². The summed E-state index contributed by atoms with van der Waals surface area (Å²) in [6, 6.07) is 0.247. The van der Waals surface area contributed by atoms with Crippen LogP contribution in [0.3, 0.4) is 0 Å². The molecular formula is C13H18N2O6S. The summed E-state index contributed by atoms with van der Waals surface area (Å²) in [6.07, 6.45) is 1.85. The topological polar surface area (TPSA) is 117 Å². The molecule has 0 aromatic carbocycles. The predicted octanol–water partition coefficient (Wildman–Crippen LogP) is 0.575. The van der Waals surface area contributed by atoms with Gasteiger partial charge in [-0.05, 0) is 33.2 Å². The lowest BCUT2D eigenvalue weighted by Gasteiger charge is -2.32. The Kier molecular flexibility index (Phi) is 4.57. The molecule has 1 saturated heterocycles. The zero-order chi connectivity index (χ0) is 16.5. The number of carboxylic acids is 1. The first-order chi connectivity index (χ1) is 10.3. The number of rotatable bonds is 4. The van der Waals surface area contributed by atoms with Crippen LogP contribution in [-0.2, 0) is 14.8 Å². The molecule has 122 valence electrons. The maximum atomic E-state index is 12.6. The highest BCUT2D eigenvalue weighted by atomic mass is 32.2. The molecule has 0 spiro atoms. The standard InChI is InChI=1S/C13H18N2O6S/c1-8-9(7-11(21-8)22(19,20)14-2)12(16)15-6-4-3-5-10(15)13(17)18/h7,10,14H,3-6H2,1-2H3,(H,17,18). The Balaban J connectivity index is 2.35.